The average Bonchev–Trinajstić information content (AvgIpc) is 3.53. The number of para-hydroxylation sites is 1. The van der Waals surface area contributed by atoms with Crippen LogP contribution in [0.15, 0.2) is 97.2 Å². The van der Waals surface area contributed by atoms with Crippen LogP contribution in [-0.4, -0.2) is 19.3 Å². The average molecular weight is 605 g/mol. The lowest BCUT2D eigenvalue weighted by Crippen LogP contribution is -2.01. The van der Waals surface area contributed by atoms with Crippen molar-refractivity contribution in [1.29, 1.82) is 0 Å². The molecule has 0 bridgehead atoms. The summed E-state index contributed by atoms with van der Waals surface area (Å²) in [6.45, 7) is 15.4. The zero-order valence-electron chi connectivity index (χ0n) is 27.7. The van der Waals surface area contributed by atoms with E-state index >= 15 is 0 Å². The van der Waals surface area contributed by atoms with Crippen LogP contribution in [-0.2, 0) is 6.42 Å². The molecule has 3 aromatic heterocycles. The van der Waals surface area contributed by atoms with E-state index in [-0.39, 0.29) is 0 Å². The van der Waals surface area contributed by atoms with Crippen LogP contribution >= 0.6 is 0 Å². The summed E-state index contributed by atoms with van der Waals surface area (Å²) in [7, 11) is 0. The standard InChI is InChI=1S/C41H40N4O/c1-8-30-22-31(25(2)3)21-27(5)40(30)41-28(6)43-45(29(41)7)32-12-11-13-33(23-32)46-34-16-17-36-35-14-9-10-15-37(35)44(38(36)24-34)39-20-26(4)18-19-42-39/h9-25H,8H2,1-7H3. The molecule has 0 atom stereocenters. The summed E-state index contributed by atoms with van der Waals surface area (Å²) in [6.07, 6.45) is 2.85. The molecule has 0 spiro atoms. The van der Waals surface area contributed by atoms with Gasteiger partial charge in [0.25, 0.3) is 0 Å². The van der Waals surface area contributed by atoms with Crippen LogP contribution in [0.2, 0.25) is 0 Å². The van der Waals surface area contributed by atoms with Crippen molar-refractivity contribution in [3.8, 4) is 34.1 Å². The molecule has 3 heterocycles. The second-order valence-electron chi connectivity index (χ2n) is 12.7. The van der Waals surface area contributed by atoms with Crippen LogP contribution in [0.5, 0.6) is 11.5 Å². The Balaban J connectivity index is 1.27. The number of hydrogen-bond acceptors (Lipinski definition) is 3. The summed E-state index contributed by atoms with van der Waals surface area (Å²) in [5.41, 5.74) is 13.1. The second kappa shape index (κ2) is 11.6. The SMILES string of the molecule is CCc1cc(C(C)C)cc(C)c1-c1c(C)nn(-c2cccc(Oc3ccc4c5ccccc5n(-c5cc(C)ccn5)c4c3)c2)c1C. The molecule has 46 heavy (non-hydrogen) atoms. The van der Waals surface area contributed by atoms with Gasteiger partial charge in [0, 0.05) is 40.4 Å². The zero-order chi connectivity index (χ0) is 32.1. The normalized spacial score (nSPS) is 11.7. The first-order valence-corrected chi connectivity index (χ1v) is 16.2. The minimum absolute atomic E-state index is 0.494. The van der Waals surface area contributed by atoms with Crippen molar-refractivity contribution in [3.63, 3.8) is 0 Å². The fourth-order valence-electron chi connectivity index (χ4n) is 6.83. The van der Waals surface area contributed by atoms with Gasteiger partial charge in [0.2, 0.25) is 0 Å². The molecule has 0 saturated carbocycles. The van der Waals surface area contributed by atoms with Crippen LogP contribution in [0.25, 0.3) is 44.4 Å². The van der Waals surface area contributed by atoms with E-state index in [4.69, 9.17) is 14.8 Å². The molecule has 5 nitrogen and oxygen atoms in total. The molecule has 4 aromatic carbocycles. The minimum atomic E-state index is 0.494. The lowest BCUT2D eigenvalue weighted by Gasteiger charge is -2.17. The van der Waals surface area contributed by atoms with Gasteiger partial charge >= 0.3 is 0 Å². The van der Waals surface area contributed by atoms with Gasteiger partial charge in [-0.2, -0.15) is 5.10 Å². The Morgan fingerprint density at radius 3 is 2.30 bits per heavy atom. The topological polar surface area (TPSA) is 44.9 Å². The highest BCUT2D eigenvalue weighted by Gasteiger charge is 2.20. The molecule has 0 amide bonds. The maximum atomic E-state index is 6.54. The Kier molecular flexibility index (Phi) is 7.48. The van der Waals surface area contributed by atoms with Gasteiger partial charge < -0.3 is 4.74 Å². The number of pyridine rings is 1. The quantitative estimate of drug-likeness (QED) is 0.182. The second-order valence-corrected chi connectivity index (χ2v) is 12.7. The smallest absolute Gasteiger partial charge is 0.137 e. The van der Waals surface area contributed by atoms with Gasteiger partial charge in [-0.1, -0.05) is 57.2 Å². The van der Waals surface area contributed by atoms with Gasteiger partial charge in [0.1, 0.15) is 17.3 Å². The number of aryl methyl sites for hydroxylation is 4. The van der Waals surface area contributed by atoms with E-state index in [0.29, 0.717) is 5.92 Å². The Bertz CT molecular complexity index is 2250. The fraction of sp³-hybridized carbons (Fsp3) is 0.220. The Hall–Kier alpha value is -5.16. The number of benzene rings is 4. The maximum Gasteiger partial charge on any atom is 0.137 e. The van der Waals surface area contributed by atoms with Crippen molar-refractivity contribution in [1.82, 2.24) is 19.3 Å². The van der Waals surface area contributed by atoms with Crippen molar-refractivity contribution >= 4 is 21.8 Å². The molecule has 0 unspecified atom stereocenters. The number of rotatable bonds is 7. The molecule has 0 N–H and O–H groups in total. The number of nitrogens with zero attached hydrogens (tertiary/aromatic N) is 4. The highest BCUT2D eigenvalue weighted by Crippen LogP contribution is 2.38. The number of aromatic nitrogens is 4. The predicted octanol–water partition coefficient (Wildman–Crippen LogP) is 10.7. The molecule has 0 aliphatic rings. The van der Waals surface area contributed by atoms with Crippen LogP contribution in [0.4, 0.5) is 0 Å². The molecular formula is C41H40N4O. The Morgan fingerprint density at radius 1 is 0.739 bits per heavy atom. The monoisotopic (exact) mass is 604 g/mol. The molecule has 0 fully saturated rings. The van der Waals surface area contributed by atoms with E-state index in [1.54, 1.807) is 0 Å². The summed E-state index contributed by atoms with van der Waals surface area (Å²) < 4.78 is 10.8. The van der Waals surface area contributed by atoms with Gasteiger partial charge in [-0.15, -0.1) is 0 Å². The Morgan fingerprint density at radius 2 is 1.52 bits per heavy atom. The number of hydrogen-bond donors (Lipinski definition) is 0. The third-order valence-corrected chi connectivity index (χ3v) is 9.10. The van der Waals surface area contributed by atoms with Crippen molar-refractivity contribution < 1.29 is 4.74 Å². The van der Waals surface area contributed by atoms with Crippen LogP contribution in [0.3, 0.4) is 0 Å². The first-order chi connectivity index (χ1) is 22.2. The fourth-order valence-corrected chi connectivity index (χ4v) is 6.83. The van der Waals surface area contributed by atoms with Crippen molar-refractivity contribution in [2.24, 2.45) is 0 Å². The summed E-state index contributed by atoms with van der Waals surface area (Å²) in [5, 5.41) is 7.40. The molecule has 0 radical (unpaired) electrons. The molecule has 7 aromatic rings. The van der Waals surface area contributed by atoms with Gasteiger partial charge in [-0.25, -0.2) is 9.67 Å². The number of fused-ring (bicyclic) bond motifs is 3. The van der Waals surface area contributed by atoms with Crippen LogP contribution in [0, 0.1) is 27.7 Å². The van der Waals surface area contributed by atoms with E-state index in [1.165, 1.54) is 44.2 Å². The summed E-state index contributed by atoms with van der Waals surface area (Å²) in [4.78, 5) is 4.72. The van der Waals surface area contributed by atoms with E-state index in [9.17, 15) is 0 Å². The van der Waals surface area contributed by atoms with Gasteiger partial charge in [0.15, 0.2) is 0 Å². The van der Waals surface area contributed by atoms with Crippen molar-refractivity contribution in [2.75, 3.05) is 0 Å². The van der Waals surface area contributed by atoms with Crippen LogP contribution < -0.4 is 4.74 Å². The third kappa shape index (κ3) is 5.06. The Labute approximate surface area is 271 Å². The van der Waals surface area contributed by atoms with Gasteiger partial charge in [-0.3, -0.25) is 4.57 Å². The van der Waals surface area contributed by atoms with E-state index in [2.05, 4.69) is 124 Å². The zero-order valence-corrected chi connectivity index (χ0v) is 27.7. The van der Waals surface area contributed by atoms with Crippen LogP contribution in [0.1, 0.15) is 60.3 Å². The lowest BCUT2D eigenvalue weighted by atomic mass is 9.88. The van der Waals surface area contributed by atoms with Gasteiger partial charge in [0.05, 0.1) is 22.4 Å². The van der Waals surface area contributed by atoms with Crippen molar-refractivity contribution in [2.45, 2.75) is 60.8 Å². The first-order valence-electron chi connectivity index (χ1n) is 16.2. The van der Waals surface area contributed by atoms with E-state index in [1.807, 2.05) is 30.5 Å². The summed E-state index contributed by atoms with van der Waals surface area (Å²) >= 11 is 0. The molecule has 5 heteroatoms. The molecule has 230 valence electrons. The minimum Gasteiger partial charge on any atom is -0.457 e. The first kappa shape index (κ1) is 29.5. The van der Waals surface area contributed by atoms with Crippen molar-refractivity contribution in [3.05, 3.63) is 131 Å². The summed E-state index contributed by atoms with van der Waals surface area (Å²) in [6, 6.07) is 31.9. The molecule has 7 rings (SSSR count). The molecule has 0 aliphatic carbocycles. The largest absolute Gasteiger partial charge is 0.457 e. The molecule has 0 aliphatic heterocycles. The highest BCUT2D eigenvalue weighted by atomic mass is 16.5. The van der Waals surface area contributed by atoms with E-state index < -0.39 is 0 Å². The molecule has 0 saturated heterocycles. The maximum absolute atomic E-state index is 6.54. The van der Waals surface area contributed by atoms with E-state index in [0.717, 1.165) is 51.8 Å². The third-order valence-electron chi connectivity index (χ3n) is 9.10. The lowest BCUT2D eigenvalue weighted by molar-refractivity contribution is 0.482. The van der Waals surface area contributed by atoms with Gasteiger partial charge in [-0.05, 0) is 110 Å². The highest BCUT2D eigenvalue weighted by molar-refractivity contribution is 6.09. The number of ether oxygens (including phenoxy) is 1. The molecular weight excluding hydrogens is 564 g/mol. The summed E-state index contributed by atoms with van der Waals surface area (Å²) in [5.74, 6) is 2.91. The predicted molar refractivity (Wildman–Crippen MR) is 190 cm³/mol.